The first-order chi connectivity index (χ1) is 12.7. The second-order valence-corrected chi connectivity index (χ2v) is 7.12. The SMILES string of the molecule is Cc1cc(C2CC2)cnc1N1CCN(C(=O)c2ccccc2C#N)CC1. The van der Waals surface area contributed by atoms with E-state index >= 15 is 0 Å². The van der Waals surface area contributed by atoms with Gasteiger partial charge in [-0.15, -0.1) is 0 Å². The molecule has 0 spiro atoms. The number of amides is 1. The summed E-state index contributed by atoms with van der Waals surface area (Å²) >= 11 is 0. The molecule has 0 radical (unpaired) electrons. The third-order valence-electron chi connectivity index (χ3n) is 5.26. The minimum absolute atomic E-state index is 0.0597. The summed E-state index contributed by atoms with van der Waals surface area (Å²) < 4.78 is 0. The molecule has 0 N–H and O–H groups in total. The Morgan fingerprint density at radius 1 is 1.19 bits per heavy atom. The topological polar surface area (TPSA) is 60.2 Å². The summed E-state index contributed by atoms with van der Waals surface area (Å²) in [6, 6.07) is 11.4. The van der Waals surface area contributed by atoms with E-state index in [2.05, 4.69) is 24.0 Å². The molecule has 26 heavy (non-hydrogen) atoms. The van der Waals surface area contributed by atoms with E-state index in [1.165, 1.54) is 24.0 Å². The van der Waals surface area contributed by atoms with Gasteiger partial charge in [0.1, 0.15) is 5.82 Å². The van der Waals surface area contributed by atoms with Crippen molar-refractivity contribution in [3.63, 3.8) is 0 Å². The van der Waals surface area contributed by atoms with Crippen LogP contribution in [0.15, 0.2) is 36.5 Å². The van der Waals surface area contributed by atoms with E-state index in [4.69, 9.17) is 4.98 Å². The largest absolute Gasteiger partial charge is 0.353 e. The number of aryl methyl sites for hydroxylation is 1. The van der Waals surface area contributed by atoms with Gasteiger partial charge in [-0.25, -0.2) is 4.98 Å². The van der Waals surface area contributed by atoms with Crippen LogP contribution in [0.4, 0.5) is 5.82 Å². The number of aromatic nitrogens is 1. The number of carbonyl (C=O) groups excluding carboxylic acids is 1. The summed E-state index contributed by atoms with van der Waals surface area (Å²) in [5.41, 5.74) is 3.50. The highest BCUT2D eigenvalue weighted by Crippen LogP contribution is 2.40. The van der Waals surface area contributed by atoms with Crippen molar-refractivity contribution in [2.24, 2.45) is 0 Å². The molecular weight excluding hydrogens is 324 g/mol. The number of piperazine rings is 1. The van der Waals surface area contributed by atoms with Gasteiger partial charge < -0.3 is 9.80 Å². The molecule has 1 aliphatic carbocycles. The molecule has 0 atom stereocenters. The van der Waals surface area contributed by atoms with Crippen LogP contribution < -0.4 is 4.90 Å². The number of rotatable bonds is 3. The van der Waals surface area contributed by atoms with Crippen LogP contribution >= 0.6 is 0 Å². The number of carbonyl (C=O) groups is 1. The van der Waals surface area contributed by atoms with Gasteiger partial charge in [0.15, 0.2) is 0 Å². The van der Waals surface area contributed by atoms with Crippen molar-refractivity contribution >= 4 is 11.7 Å². The molecule has 1 aromatic carbocycles. The molecule has 4 rings (SSSR count). The van der Waals surface area contributed by atoms with Gasteiger partial charge in [-0.1, -0.05) is 18.2 Å². The van der Waals surface area contributed by atoms with E-state index in [-0.39, 0.29) is 5.91 Å². The van der Waals surface area contributed by atoms with Gasteiger partial charge >= 0.3 is 0 Å². The molecule has 2 fully saturated rings. The zero-order chi connectivity index (χ0) is 18.1. The Morgan fingerprint density at radius 2 is 1.92 bits per heavy atom. The molecule has 1 aromatic heterocycles. The maximum Gasteiger partial charge on any atom is 0.255 e. The summed E-state index contributed by atoms with van der Waals surface area (Å²) in [5, 5.41) is 9.22. The van der Waals surface area contributed by atoms with E-state index in [9.17, 15) is 10.1 Å². The van der Waals surface area contributed by atoms with Crippen LogP contribution in [0.5, 0.6) is 0 Å². The molecule has 1 saturated heterocycles. The van der Waals surface area contributed by atoms with Crippen molar-refractivity contribution in [3.05, 3.63) is 58.8 Å². The van der Waals surface area contributed by atoms with Crippen LogP contribution in [0.1, 0.15) is 45.8 Å². The van der Waals surface area contributed by atoms with Crippen LogP contribution in [0.25, 0.3) is 0 Å². The highest BCUT2D eigenvalue weighted by Gasteiger charge is 2.27. The Bertz CT molecular complexity index is 874. The smallest absolute Gasteiger partial charge is 0.255 e. The summed E-state index contributed by atoms with van der Waals surface area (Å²) in [6.45, 7) is 4.93. The van der Waals surface area contributed by atoms with Gasteiger partial charge in [-0.2, -0.15) is 5.26 Å². The minimum atomic E-state index is -0.0597. The molecule has 1 amide bonds. The van der Waals surface area contributed by atoms with E-state index in [0.717, 1.165) is 18.9 Å². The van der Waals surface area contributed by atoms with Crippen LogP contribution in [0.2, 0.25) is 0 Å². The number of anilines is 1. The first-order valence-corrected chi connectivity index (χ1v) is 9.17. The Kier molecular flexibility index (Phi) is 4.34. The Balaban J connectivity index is 1.44. The number of nitriles is 1. The molecule has 2 heterocycles. The third kappa shape index (κ3) is 3.15. The predicted molar refractivity (Wildman–Crippen MR) is 100 cm³/mol. The lowest BCUT2D eigenvalue weighted by atomic mass is 10.1. The second-order valence-electron chi connectivity index (χ2n) is 7.12. The maximum atomic E-state index is 12.8. The zero-order valence-electron chi connectivity index (χ0n) is 15.0. The fourth-order valence-electron chi connectivity index (χ4n) is 3.62. The predicted octanol–water partition coefficient (Wildman–Crippen LogP) is 3.10. The molecular formula is C21H22N4O. The van der Waals surface area contributed by atoms with Gasteiger partial charge in [0.2, 0.25) is 0 Å². The van der Waals surface area contributed by atoms with Crippen LogP contribution in [-0.4, -0.2) is 42.0 Å². The monoisotopic (exact) mass is 346 g/mol. The van der Waals surface area contributed by atoms with Gasteiger partial charge in [-0.3, -0.25) is 4.79 Å². The van der Waals surface area contributed by atoms with Gasteiger partial charge in [0.25, 0.3) is 5.91 Å². The molecule has 5 heteroatoms. The van der Waals surface area contributed by atoms with Crippen molar-refractivity contribution in [1.82, 2.24) is 9.88 Å². The Hall–Kier alpha value is -2.87. The first-order valence-electron chi connectivity index (χ1n) is 9.17. The highest BCUT2D eigenvalue weighted by atomic mass is 16.2. The van der Waals surface area contributed by atoms with Crippen molar-refractivity contribution in [3.8, 4) is 6.07 Å². The molecule has 1 saturated carbocycles. The Labute approximate surface area is 153 Å². The molecule has 132 valence electrons. The van der Waals surface area contributed by atoms with Crippen LogP contribution in [0.3, 0.4) is 0 Å². The normalized spacial score (nSPS) is 17.1. The quantitative estimate of drug-likeness (QED) is 0.857. The number of nitrogens with zero attached hydrogens (tertiary/aromatic N) is 4. The molecule has 1 aliphatic heterocycles. The lowest BCUT2D eigenvalue weighted by molar-refractivity contribution is 0.0746. The molecule has 2 aliphatic rings. The summed E-state index contributed by atoms with van der Waals surface area (Å²) in [4.78, 5) is 21.5. The minimum Gasteiger partial charge on any atom is -0.353 e. The number of benzene rings is 1. The van der Waals surface area contributed by atoms with Crippen LogP contribution in [0, 0.1) is 18.3 Å². The maximum absolute atomic E-state index is 12.8. The van der Waals surface area contributed by atoms with Crippen molar-refractivity contribution < 1.29 is 4.79 Å². The van der Waals surface area contributed by atoms with E-state index < -0.39 is 0 Å². The first kappa shape index (κ1) is 16.6. The second kappa shape index (κ2) is 6.80. The lowest BCUT2D eigenvalue weighted by Crippen LogP contribution is -2.49. The number of hydrogen-bond donors (Lipinski definition) is 0. The standard InChI is InChI=1S/C21H22N4O/c1-15-12-18(16-6-7-16)14-23-20(15)24-8-10-25(11-9-24)21(26)19-5-3-2-4-17(19)13-22/h2-5,12,14,16H,6-11H2,1H3. The van der Waals surface area contributed by atoms with Crippen LogP contribution in [-0.2, 0) is 0 Å². The van der Waals surface area contributed by atoms with Crippen molar-refractivity contribution in [1.29, 1.82) is 5.26 Å². The van der Waals surface area contributed by atoms with Gasteiger partial charge in [-0.05, 0) is 48.9 Å². The fraction of sp³-hybridized carbons (Fsp3) is 0.381. The van der Waals surface area contributed by atoms with E-state index in [0.29, 0.717) is 30.1 Å². The van der Waals surface area contributed by atoms with Gasteiger partial charge in [0, 0.05) is 32.4 Å². The fourth-order valence-corrected chi connectivity index (χ4v) is 3.62. The average Bonchev–Trinajstić information content (AvgIpc) is 3.53. The molecule has 5 nitrogen and oxygen atoms in total. The summed E-state index contributed by atoms with van der Waals surface area (Å²) in [6.07, 6.45) is 4.58. The third-order valence-corrected chi connectivity index (χ3v) is 5.26. The zero-order valence-corrected chi connectivity index (χ0v) is 15.0. The Morgan fingerprint density at radius 3 is 2.58 bits per heavy atom. The van der Waals surface area contributed by atoms with Gasteiger partial charge in [0.05, 0.1) is 17.2 Å². The number of pyridine rings is 1. The van der Waals surface area contributed by atoms with Crippen molar-refractivity contribution in [2.75, 3.05) is 31.1 Å². The van der Waals surface area contributed by atoms with Crippen molar-refractivity contribution in [2.45, 2.75) is 25.7 Å². The summed E-state index contributed by atoms with van der Waals surface area (Å²) in [5.74, 6) is 1.68. The highest BCUT2D eigenvalue weighted by molar-refractivity contribution is 5.96. The molecule has 2 aromatic rings. The number of hydrogen-bond acceptors (Lipinski definition) is 4. The summed E-state index contributed by atoms with van der Waals surface area (Å²) in [7, 11) is 0. The van der Waals surface area contributed by atoms with E-state index in [1.54, 1.807) is 24.3 Å². The lowest BCUT2D eigenvalue weighted by Gasteiger charge is -2.36. The molecule has 0 unspecified atom stereocenters. The van der Waals surface area contributed by atoms with E-state index in [1.807, 2.05) is 11.1 Å². The average molecular weight is 346 g/mol. The molecule has 0 bridgehead atoms.